The van der Waals surface area contributed by atoms with Crippen molar-refractivity contribution in [3.63, 3.8) is 0 Å². The molecule has 0 fully saturated rings. The fraction of sp³-hybridized carbons (Fsp3) is 0.587. The fourth-order valence-corrected chi connectivity index (χ4v) is 34.6. The van der Waals surface area contributed by atoms with Crippen molar-refractivity contribution in [2.45, 2.75) is 232 Å². The van der Waals surface area contributed by atoms with Crippen molar-refractivity contribution in [1.29, 1.82) is 0 Å². The molecule has 7 heteroatoms. The lowest BCUT2D eigenvalue weighted by Gasteiger charge is -2.38. The summed E-state index contributed by atoms with van der Waals surface area (Å²) >= 11 is 0. The zero-order valence-corrected chi connectivity index (χ0v) is 51.4. The Labute approximate surface area is 437 Å². The first kappa shape index (κ1) is 58.8. The van der Waals surface area contributed by atoms with Crippen molar-refractivity contribution in [3.05, 3.63) is 103 Å². The topological polar surface area (TPSA) is 16.4 Å². The average molecular weight is 1030 g/mol. The van der Waals surface area contributed by atoms with Gasteiger partial charge in [-0.05, 0) is 35.1 Å². The number of benzene rings is 4. The van der Waals surface area contributed by atoms with E-state index in [1.54, 1.807) is 15.6 Å². The first-order valence-electron chi connectivity index (χ1n) is 29.3. The van der Waals surface area contributed by atoms with E-state index < -0.39 is 40.4 Å². The number of fused-ring (bicyclic) bond motifs is 1. The van der Waals surface area contributed by atoms with Gasteiger partial charge in [0, 0.05) is 26.8 Å². The Morgan fingerprint density at radius 1 is 0.357 bits per heavy atom. The first-order valence-corrected chi connectivity index (χ1v) is 39.8. The van der Waals surface area contributed by atoms with E-state index in [0.29, 0.717) is 0 Å². The van der Waals surface area contributed by atoms with Gasteiger partial charge in [0.25, 0.3) is 0 Å². The highest BCUT2D eigenvalue weighted by atomic mass is 31.2. The van der Waals surface area contributed by atoms with Crippen LogP contribution in [0.2, 0.25) is 54.4 Å². The number of unbranched alkanes of at least 4 members (excludes halogenated alkanes) is 9. The molecule has 1 heterocycles. The molecule has 2 nitrogen and oxygen atoms in total. The van der Waals surface area contributed by atoms with Crippen molar-refractivity contribution >= 4 is 88.1 Å². The van der Waals surface area contributed by atoms with E-state index in [2.05, 4.69) is 171 Å². The molecule has 1 atom stereocenters. The molecule has 0 spiro atoms. The van der Waals surface area contributed by atoms with Gasteiger partial charge in [-0.3, -0.25) is 0 Å². The molecule has 5 rings (SSSR count). The molecule has 0 radical (unpaired) electrons. The lowest BCUT2D eigenvalue weighted by atomic mass is 10.3. The van der Waals surface area contributed by atoms with Gasteiger partial charge in [-0.1, -0.05) is 333 Å². The van der Waals surface area contributed by atoms with Crippen molar-refractivity contribution in [3.8, 4) is 0 Å². The Bertz CT molecular complexity index is 2030. The average Bonchev–Trinajstić information content (AvgIpc) is 3.89. The molecule has 0 aliphatic rings. The highest BCUT2D eigenvalue weighted by Gasteiger charge is 2.38. The minimum Gasteiger partial charge on any atom is -0.464 e. The van der Waals surface area contributed by atoms with Crippen molar-refractivity contribution < 1.29 is 4.42 Å². The molecule has 0 aliphatic carbocycles. The van der Waals surface area contributed by atoms with Gasteiger partial charge < -0.3 is 4.42 Å². The van der Waals surface area contributed by atoms with Crippen LogP contribution in [0, 0.1) is 0 Å². The number of rotatable bonds is 36. The predicted molar refractivity (Wildman–Crippen MR) is 329 cm³/mol. The Kier molecular flexibility index (Phi) is 26.0. The second kappa shape index (κ2) is 30.9. The summed E-state index contributed by atoms with van der Waals surface area (Å²) in [6.07, 6.45) is 25.8. The smallest absolute Gasteiger partial charge is 0.143 e. The summed E-state index contributed by atoms with van der Waals surface area (Å²) in [5.41, 5.74) is 1.06. The third-order valence-corrected chi connectivity index (χ3v) is 38.4. The number of hydrogen-bond donors (Lipinski definition) is 0. The Morgan fingerprint density at radius 3 is 0.929 bits per heavy atom. The maximum atomic E-state index is 6.52. The van der Waals surface area contributed by atoms with Crippen LogP contribution < -0.4 is 36.8 Å². The van der Waals surface area contributed by atoms with E-state index in [0.717, 1.165) is 5.58 Å². The van der Waals surface area contributed by atoms with Crippen LogP contribution in [-0.4, -0.2) is 35.7 Å². The van der Waals surface area contributed by atoms with E-state index in [1.807, 2.05) is 6.26 Å². The Morgan fingerprint density at radius 2 is 0.643 bits per heavy atom. The molecular weight excluding hydrogens is 933 g/mol. The van der Waals surface area contributed by atoms with Gasteiger partial charge in [0.05, 0.1) is 30.5 Å². The van der Waals surface area contributed by atoms with Crippen LogP contribution in [0.5, 0.6) is 0 Å². The first-order chi connectivity index (χ1) is 34.2. The van der Waals surface area contributed by atoms with Gasteiger partial charge in [-0.15, -0.1) is 0 Å². The number of furan rings is 1. The SMILES string of the molecule is CCCC[Si](CCCC)(CCCC)c1ccc(P(c2ccc([Si](CCCC)(CCCC)CCCC)cc2)N(C)P(c2ccc([Si](CCCC)(CCCC)CCCC)cc2)c2cccc3ccoc23)cc1. The van der Waals surface area contributed by atoms with Crippen LogP contribution in [0.1, 0.15) is 178 Å². The van der Waals surface area contributed by atoms with Crippen LogP contribution in [0.15, 0.2) is 108 Å². The van der Waals surface area contributed by atoms with Crippen LogP contribution in [0.25, 0.3) is 11.0 Å². The maximum Gasteiger partial charge on any atom is 0.143 e. The number of nitrogens with zero attached hydrogens (tertiary/aromatic N) is 1. The molecule has 386 valence electrons. The van der Waals surface area contributed by atoms with Crippen LogP contribution >= 0.6 is 16.1 Å². The van der Waals surface area contributed by atoms with E-state index >= 15 is 0 Å². The standard InChI is InChI=1S/C63H101NOP2Si3/c1-11-20-46-68(47-21-12-2,48-22-13-3)59-38-32-56(33-39-59)66(57-34-40-60(41-35-57)69(49-23-14-4,50-24-15-5)51-25-16-6)64(10)67(62-31-29-30-55-44-45-65-63(55)62)58-36-42-61(43-37-58)70(52-26-17-7,53-27-18-8)54-28-19-9/h29-45H,11-28,46-54H2,1-10H3. The summed E-state index contributed by atoms with van der Waals surface area (Å²) in [5, 5.41) is 12.1. The van der Waals surface area contributed by atoms with Crippen LogP contribution in [0.4, 0.5) is 0 Å². The lowest BCUT2D eigenvalue weighted by Crippen LogP contribution is -2.48. The molecule has 0 saturated carbocycles. The molecule has 0 amide bonds. The largest absolute Gasteiger partial charge is 0.464 e. The second-order valence-corrected chi connectivity index (χ2v) is 40.4. The van der Waals surface area contributed by atoms with Gasteiger partial charge in [0.15, 0.2) is 0 Å². The highest BCUT2D eigenvalue weighted by Crippen LogP contribution is 2.54. The molecule has 4 aromatic carbocycles. The van der Waals surface area contributed by atoms with Crippen LogP contribution in [-0.2, 0) is 0 Å². The zero-order chi connectivity index (χ0) is 50.2. The van der Waals surface area contributed by atoms with E-state index in [1.165, 1.54) is 197 Å². The molecule has 1 aromatic heterocycles. The van der Waals surface area contributed by atoms with Crippen molar-refractivity contribution in [2.24, 2.45) is 0 Å². The minimum absolute atomic E-state index is 0.896. The normalized spacial score (nSPS) is 13.0. The van der Waals surface area contributed by atoms with Crippen LogP contribution in [0.3, 0.4) is 0 Å². The summed E-state index contributed by atoms with van der Waals surface area (Å²) in [7, 11) is -4.36. The summed E-state index contributed by atoms with van der Waals surface area (Å²) in [4.78, 5) is 0. The molecule has 70 heavy (non-hydrogen) atoms. The zero-order valence-electron chi connectivity index (χ0n) is 46.7. The Balaban J connectivity index is 1.74. The molecule has 0 saturated heterocycles. The van der Waals surface area contributed by atoms with E-state index in [4.69, 9.17) is 4.42 Å². The third-order valence-electron chi connectivity index (χ3n) is 16.5. The molecule has 5 aromatic rings. The van der Waals surface area contributed by atoms with Gasteiger partial charge in [0.1, 0.15) is 5.58 Å². The molecule has 0 bridgehead atoms. The summed E-state index contributed by atoms with van der Waals surface area (Å²) in [5.74, 6) is 0. The van der Waals surface area contributed by atoms with Gasteiger partial charge in [-0.2, -0.15) is 0 Å². The van der Waals surface area contributed by atoms with Gasteiger partial charge >= 0.3 is 0 Å². The van der Waals surface area contributed by atoms with Gasteiger partial charge in [0.2, 0.25) is 0 Å². The molecule has 0 aliphatic heterocycles. The van der Waals surface area contributed by atoms with Gasteiger partial charge in [-0.25, -0.2) is 4.44 Å². The molecule has 0 N–H and O–H groups in total. The quantitative estimate of drug-likeness (QED) is 0.0294. The second-order valence-electron chi connectivity index (χ2n) is 21.6. The predicted octanol–water partition coefficient (Wildman–Crippen LogP) is 17.9. The van der Waals surface area contributed by atoms with Crippen molar-refractivity contribution in [2.75, 3.05) is 7.05 Å². The highest BCUT2D eigenvalue weighted by molar-refractivity contribution is 7.84. The van der Waals surface area contributed by atoms with Crippen molar-refractivity contribution in [1.82, 2.24) is 4.44 Å². The summed E-state index contributed by atoms with van der Waals surface area (Å²) in [6, 6.07) is 53.6. The molecule has 1 unspecified atom stereocenters. The van der Waals surface area contributed by atoms with E-state index in [-0.39, 0.29) is 0 Å². The van der Waals surface area contributed by atoms with E-state index in [9.17, 15) is 0 Å². The number of hydrogen-bond acceptors (Lipinski definition) is 2. The summed E-state index contributed by atoms with van der Waals surface area (Å²) in [6.45, 7) is 21.6. The third kappa shape index (κ3) is 15.2. The minimum atomic E-state index is -1.67. The summed E-state index contributed by atoms with van der Waals surface area (Å²) < 4.78 is 9.38. The lowest BCUT2D eigenvalue weighted by molar-refractivity contribution is 0.618. The Hall–Kier alpha value is -2.11. The number of para-hydroxylation sites is 1. The monoisotopic (exact) mass is 1030 g/mol. The molecular formula is C63H101NOP2Si3. The fourth-order valence-electron chi connectivity index (χ4n) is 12.1. The maximum absolute atomic E-state index is 6.52.